The van der Waals surface area contributed by atoms with Crippen LogP contribution in [0.1, 0.15) is 34.6 Å². The summed E-state index contributed by atoms with van der Waals surface area (Å²) in [5.41, 5.74) is -0.407. The Balaban J connectivity index is 0. The summed E-state index contributed by atoms with van der Waals surface area (Å²) in [7, 11) is 3.80. The molecular formula is C10H24N2O. The van der Waals surface area contributed by atoms with Crippen molar-refractivity contribution in [2.45, 2.75) is 40.2 Å². The molecule has 0 fully saturated rings. The second-order valence-corrected chi connectivity index (χ2v) is 3.31. The number of likely N-dealkylation sites (N-methyl/N-ethyl adjacent to an activating group) is 2. The minimum absolute atomic E-state index is 0.0741. The Morgan fingerprint density at radius 3 is 1.92 bits per heavy atom. The molecule has 0 atom stereocenters. The van der Waals surface area contributed by atoms with Gasteiger partial charge in [-0.2, -0.15) is 0 Å². The first-order chi connectivity index (χ1) is 5.92. The van der Waals surface area contributed by atoms with E-state index >= 15 is 0 Å². The molecule has 0 saturated heterocycles. The van der Waals surface area contributed by atoms with Crippen LogP contribution in [0, 0.1) is 0 Å². The number of rotatable bonds is 3. The summed E-state index contributed by atoms with van der Waals surface area (Å²) in [6, 6.07) is 0. The highest BCUT2D eigenvalue weighted by molar-refractivity contribution is 5.85. The molecule has 0 spiro atoms. The zero-order valence-corrected chi connectivity index (χ0v) is 10.1. The number of nitrogens with zero attached hydrogens (tertiary/aromatic N) is 1. The molecule has 0 unspecified atom stereocenters. The number of nitrogens with one attached hydrogen (secondary N) is 1. The van der Waals surface area contributed by atoms with E-state index in [4.69, 9.17) is 0 Å². The van der Waals surface area contributed by atoms with Crippen molar-refractivity contribution in [3.8, 4) is 0 Å². The predicted octanol–water partition coefficient (Wildman–Crippen LogP) is 1.49. The molecule has 3 nitrogen and oxygen atoms in total. The largest absolute Gasteiger partial charge is 0.355 e. The summed E-state index contributed by atoms with van der Waals surface area (Å²) in [5, 5.41) is 2.79. The Kier molecular flexibility index (Phi) is 7.92. The highest BCUT2D eigenvalue weighted by Crippen LogP contribution is 2.08. The average molecular weight is 188 g/mol. The van der Waals surface area contributed by atoms with Gasteiger partial charge in [0.1, 0.15) is 0 Å². The number of amides is 1. The molecule has 0 bridgehead atoms. The highest BCUT2D eigenvalue weighted by Gasteiger charge is 2.28. The van der Waals surface area contributed by atoms with Crippen molar-refractivity contribution >= 4 is 5.91 Å². The molecular weight excluding hydrogens is 164 g/mol. The van der Waals surface area contributed by atoms with Crippen LogP contribution in [-0.4, -0.2) is 37.0 Å². The van der Waals surface area contributed by atoms with Crippen LogP contribution >= 0.6 is 0 Å². The van der Waals surface area contributed by atoms with E-state index in [1.54, 1.807) is 0 Å². The number of carbonyl (C=O) groups is 1. The van der Waals surface area contributed by atoms with Crippen LogP contribution in [0.5, 0.6) is 0 Å². The van der Waals surface area contributed by atoms with Crippen LogP contribution in [0.4, 0.5) is 0 Å². The fourth-order valence-electron chi connectivity index (χ4n) is 0.580. The van der Waals surface area contributed by atoms with Gasteiger partial charge in [0.25, 0.3) is 0 Å². The summed E-state index contributed by atoms with van der Waals surface area (Å²) in [6.07, 6.45) is 0. The van der Waals surface area contributed by atoms with E-state index in [9.17, 15) is 4.79 Å². The Bertz CT molecular complexity index is 142. The fourth-order valence-corrected chi connectivity index (χ4v) is 0.580. The monoisotopic (exact) mass is 188 g/mol. The molecule has 0 aliphatic rings. The quantitative estimate of drug-likeness (QED) is 0.727. The topological polar surface area (TPSA) is 32.3 Å². The van der Waals surface area contributed by atoms with E-state index in [0.29, 0.717) is 6.54 Å². The van der Waals surface area contributed by atoms with Crippen LogP contribution < -0.4 is 5.32 Å². The van der Waals surface area contributed by atoms with Gasteiger partial charge in [0.2, 0.25) is 5.91 Å². The van der Waals surface area contributed by atoms with Crippen molar-refractivity contribution in [1.29, 1.82) is 0 Å². The summed E-state index contributed by atoms with van der Waals surface area (Å²) < 4.78 is 0. The Morgan fingerprint density at radius 2 is 1.69 bits per heavy atom. The lowest BCUT2D eigenvalue weighted by atomic mass is 10.0. The van der Waals surface area contributed by atoms with Crippen molar-refractivity contribution in [2.24, 2.45) is 0 Å². The summed E-state index contributed by atoms with van der Waals surface area (Å²) >= 11 is 0. The number of hydrogen-bond acceptors (Lipinski definition) is 2. The normalized spacial score (nSPS) is 10.5. The van der Waals surface area contributed by atoms with Gasteiger partial charge in [0.05, 0.1) is 5.54 Å². The minimum atomic E-state index is -0.407. The third-order valence-electron chi connectivity index (χ3n) is 2.01. The standard InChI is InChI=1S/C8H18N2O.C2H6/c1-6-9-7(11)8(2,3)10(4)5;1-2/h6H2,1-5H3,(H,9,11);1-2H3. The Hall–Kier alpha value is -0.570. The third kappa shape index (κ3) is 4.88. The molecule has 0 radical (unpaired) electrons. The van der Waals surface area contributed by atoms with Gasteiger partial charge in [-0.3, -0.25) is 9.69 Å². The van der Waals surface area contributed by atoms with Crippen LogP contribution in [0.2, 0.25) is 0 Å². The van der Waals surface area contributed by atoms with Crippen molar-refractivity contribution in [3.63, 3.8) is 0 Å². The van der Waals surface area contributed by atoms with Gasteiger partial charge >= 0.3 is 0 Å². The lowest BCUT2D eigenvalue weighted by Gasteiger charge is -2.30. The van der Waals surface area contributed by atoms with Gasteiger partial charge in [-0.15, -0.1) is 0 Å². The molecule has 80 valence electrons. The molecule has 0 rings (SSSR count). The molecule has 0 aromatic heterocycles. The van der Waals surface area contributed by atoms with Gasteiger partial charge in [0.15, 0.2) is 0 Å². The molecule has 3 heteroatoms. The van der Waals surface area contributed by atoms with E-state index in [1.807, 2.05) is 53.6 Å². The highest BCUT2D eigenvalue weighted by atomic mass is 16.2. The van der Waals surface area contributed by atoms with E-state index < -0.39 is 5.54 Å². The lowest BCUT2D eigenvalue weighted by molar-refractivity contribution is -0.130. The smallest absolute Gasteiger partial charge is 0.239 e. The predicted molar refractivity (Wildman–Crippen MR) is 57.8 cm³/mol. The Labute approximate surface area is 82.5 Å². The van der Waals surface area contributed by atoms with Gasteiger partial charge in [-0.25, -0.2) is 0 Å². The first-order valence-electron chi connectivity index (χ1n) is 4.88. The van der Waals surface area contributed by atoms with E-state index in [1.165, 1.54) is 0 Å². The van der Waals surface area contributed by atoms with Gasteiger partial charge in [-0.05, 0) is 34.9 Å². The maximum atomic E-state index is 11.4. The molecule has 13 heavy (non-hydrogen) atoms. The first kappa shape index (κ1) is 14.9. The van der Waals surface area contributed by atoms with Crippen molar-refractivity contribution < 1.29 is 4.79 Å². The molecule has 0 aliphatic heterocycles. The fraction of sp³-hybridized carbons (Fsp3) is 0.900. The lowest BCUT2D eigenvalue weighted by Crippen LogP contribution is -2.51. The second-order valence-electron chi connectivity index (χ2n) is 3.31. The third-order valence-corrected chi connectivity index (χ3v) is 2.01. The second kappa shape index (κ2) is 6.89. The van der Waals surface area contributed by atoms with E-state index in [-0.39, 0.29) is 5.91 Å². The number of hydrogen-bond donors (Lipinski definition) is 1. The van der Waals surface area contributed by atoms with Crippen LogP contribution in [0.3, 0.4) is 0 Å². The molecule has 0 aliphatic carbocycles. The molecule has 1 N–H and O–H groups in total. The Morgan fingerprint density at radius 1 is 1.31 bits per heavy atom. The minimum Gasteiger partial charge on any atom is -0.355 e. The van der Waals surface area contributed by atoms with Crippen LogP contribution in [0.25, 0.3) is 0 Å². The van der Waals surface area contributed by atoms with Crippen LogP contribution in [0.15, 0.2) is 0 Å². The van der Waals surface area contributed by atoms with Gasteiger partial charge < -0.3 is 5.32 Å². The van der Waals surface area contributed by atoms with Crippen molar-refractivity contribution in [2.75, 3.05) is 20.6 Å². The first-order valence-corrected chi connectivity index (χ1v) is 4.88. The zero-order valence-electron chi connectivity index (χ0n) is 10.1. The van der Waals surface area contributed by atoms with Crippen LogP contribution in [-0.2, 0) is 4.79 Å². The van der Waals surface area contributed by atoms with E-state index in [2.05, 4.69) is 5.32 Å². The van der Waals surface area contributed by atoms with Gasteiger partial charge in [0, 0.05) is 6.54 Å². The average Bonchev–Trinajstić information content (AvgIpc) is 2.08. The molecule has 1 amide bonds. The van der Waals surface area contributed by atoms with Crippen molar-refractivity contribution in [3.05, 3.63) is 0 Å². The molecule has 0 heterocycles. The summed E-state index contributed by atoms with van der Waals surface area (Å²) in [5.74, 6) is 0.0741. The van der Waals surface area contributed by atoms with Gasteiger partial charge in [-0.1, -0.05) is 13.8 Å². The molecule has 0 aromatic carbocycles. The summed E-state index contributed by atoms with van der Waals surface area (Å²) in [4.78, 5) is 13.3. The van der Waals surface area contributed by atoms with E-state index in [0.717, 1.165) is 0 Å². The SMILES string of the molecule is CC.CCNC(=O)C(C)(C)N(C)C. The maximum absolute atomic E-state index is 11.4. The molecule has 0 aromatic rings. The summed E-state index contributed by atoms with van der Waals surface area (Å²) in [6.45, 7) is 10.4. The van der Waals surface area contributed by atoms with Crippen molar-refractivity contribution in [1.82, 2.24) is 10.2 Å². The maximum Gasteiger partial charge on any atom is 0.239 e. The number of carbonyl (C=O) groups excluding carboxylic acids is 1. The zero-order chi connectivity index (χ0) is 11.1. The molecule has 0 saturated carbocycles.